The zero-order valence-electron chi connectivity index (χ0n) is 9.93. The summed E-state index contributed by atoms with van der Waals surface area (Å²) in [5.74, 6) is -0.360. The molecule has 2 rings (SSSR count). The van der Waals surface area contributed by atoms with E-state index in [1.165, 1.54) is 18.5 Å². The SMILES string of the molecule is NC(=O)CC(N)c1ccc(N2CCCC2)cc1. The molecule has 92 valence electrons. The van der Waals surface area contributed by atoms with Gasteiger partial charge in [-0.1, -0.05) is 12.1 Å². The second-order valence-electron chi connectivity index (χ2n) is 4.56. The molecular formula is C13H19N3O. The number of nitrogens with two attached hydrogens (primary N) is 2. The van der Waals surface area contributed by atoms with Crippen molar-refractivity contribution in [2.45, 2.75) is 25.3 Å². The highest BCUT2D eigenvalue weighted by Gasteiger charge is 2.13. The normalized spacial score (nSPS) is 17.1. The first-order chi connectivity index (χ1) is 8.16. The molecule has 0 aliphatic carbocycles. The lowest BCUT2D eigenvalue weighted by Gasteiger charge is -2.18. The number of nitrogens with zero attached hydrogens (tertiary/aromatic N) is 1. The number of benzene rings is 1. The number of amides is 1. The molecule has 0 bridgehead atoms. The highest BCUT2D eigenvalue weighted by molar-refractivity contribution is 5.74. The maximum Gasteiger partial charge on any atom is 0.219 e. The molecule has 1 aliphatic rings. The fourth-order valence-electron chi connectivity index (χ4n) is 2.24. The molecule has 1 heterocycles. The van der Waals surface area contributed by atoms with Crippen molar-refractivity contribution in [1.29, 1.82) is 0 Å². The molecule has 1 amide bonds. The Balaban J connectivity index is 2.04. The smallest absolute Gasteiger partial charge is 0.219 e. The molecule has 4 nitrogen and oxygen atoms in total. The van der Waals surface area contributed by atoms with Crippen molar-refractivity contribution >= 4 is 11.6 Å². The van der Waals surface area contributed by atoms with Gasteiger partial charge in [-0.3, -0.25) is 4.79 Å². The fourth-order valence-corrected chi connectivity index (χ4v) is 2.24. The quantitative estimate of drug-likeness (QED) is 0.819. The summed E-state index contributed by atoms with van der Waals surface area (Å²) in [6, 6.07) is 7.83. The van der Waals surface area contributed by atoms with Gasteiger partial charge in [0.2, 0.25) is 5.91 Å². The van der Waals surface area contributed by atoms with Gasteiger partial charge in [0, 0.05) is 31.2 Å². The van der Waals surface area contributed by atoms with Crippen LogP contribution in [0.3, 0.4) is 0 Å². The molecule has 1 saturated heterocycles. The highest BCUT2D eigenvalue weighted by atomic mass is 16.1. The number of carbonyl (C=O) groups excluding carboxylic acids is 1. The predicted molar refractivity (Wildman–Crippen MR) is 68.6 cm³/mol. The van der Waals surface area contributed by atoms with Gasteiger partial charge in [-0.2, -0.15) is 0 Å². The van der Waals surface area contributed by atoms with Gasteiger partial charge in [-0.15, -0.1) is 0 Å². The van der Waals surface area contributed by atoms with E-state index < -0.39 is 0 Å². The van der Waals surface area contributed by atoms with Crippen molar-refractivity contribution in [1.82, 2.24) is 0 Å². The van der Waals surface area contributed by atoms with E-state index in [1.54, 1.807) is 0 Å². The lowest BCUT2D eigenvalue weighted by atomic mass is 10.0. The summed E-state index contributed by atoms with van der Waals surface area (Å²) in [5.41, 5.74) is 13.2. The minimum Gasteiger partial charge on any atom is -0.372 e. The van der Waals surface area contributed by atoms with Gasteiger partial charge in [0.25, 0.3) is 0 Å². The van der Waals surface area contributed by atoms with Crippen LogP contribution in [-0.4, -0.2) is 19.0 Å². The van der Waals surface area contributed by atoms with Crippen molar-refractivity contribution in [2.75, 3.05) is 18.0 Å². The molecule has 1 aromatic rings. The largest absolute Gasteiger partial charge is 0.372 e. The second-order valence-corrected chi connectivity index (χ2v) is 4.56. The maximum absolute atomic E-state index is 10.8. The Labute approximate surface area is 102 Å². The van der Waals surface area contributed by atoms with Crippen LogP contribution >= 0.6 is 0 Å². The summed E-state index contributed by atoms with van der Waals surface area (Å²) in [4.78, 5) is 13.2. The Morgan fingerprint density at radius 3 is 2.35 bits per heavy atom. The maximum atomic E-state index is 10.8. The van der Waals surface area contributed by atoms with Crippen molar-refractivity contribution in [2.24, 2.45) is 11.5 Å². The van der Waals surface area contributed by atoms with Gasteiger partial charge in [0.1, 0.15) is 0 Å². The van der Waals surface area contributed by atoms with Crippen LogP contribution in [0.5, 0.6) is 0 Å². The van der Waals surface area contributed by atoms with E-state index in [2.05, 4.69) is 17.0 Å². The molecule has 1 unspecified atom stereocenters. The van der Waals surface area contributed by atoms with Gasteiger partial charge < -0.3 is 16.4 Å². The van der Waals surface area contributed by atoms with E-state index in [1.807, 2.05) is 12.1 Å². The van der Waals surface area contributed by atoms with Crippen LogP contribution in [-0.2, 0) is 4.79 Å². The first-order valence-corrected chi connectivity index (χ1v) is 6.05. The van der Waals surface area contributed by atoms with Crippen molar-refractivity contribution in [3.05, 3.63) is 29.8 Å². The Bertz CT molecular complexity index is 382. The van der Waals surface area contributed by atoms with Crippen LogP contribution < -0.4 is 16.4 Å². The number of anilines is 1. The lowest BCUT2D eigenvalue weighted by Crippen LogP contribution is -2.21. The van der Waals surface area contributed by atoms with Crippen LogP contribution in [0, 0.1) is 0 Å². The summed E-state index contributed by atoms with van der Waals surface area (Å²) in [6.45, 7) is 2.26. The van der Waals surface area contributed by atoms with Gasteiger partial charge in [0.15, 0.2) is 0 Å². The lowest BCUT2D eigenvalue weighted by molar-refractivity contribution is -0.118. The van der Waals surface area contributed by atoms with Crippen LogP contribution in [0.1, 0.15) is 30.9 Å². The molecule has 4 N–H and O–H groups in total. The molecule has 1 aromatic carbocycles. The zero-order chi connectivity index (χ0) is 12.3. The van der Waals surface area contributed by atoms with Crippen molar-refractivity contribution in [3.8, 4) is 0 Å². The summed E-state index contributed by atoms with van der Waals surface area (Å²) < 4.78 is 0. The Kier molecular flexibility index (Phi) is 3.64. The van der Waals surface area contributed by atoms with E-state index >= 15 is 0 Å². The summed E-state index contributed by atoms with van der Waals surface area (Å²) in [5, 5.41) is 0. The Hall–Kier alpha value is -1.55. The predicted octanol–water partition coefficient (Wildman–Crippen LogP) is 1.16. The van der Waals surface area contributed by atoms with E-state index in [0.29, 0.717) is 0 Å². The number of primary amides is 1. The standard InChI is InChI=1S/C13H19N3O/c14-12(9-13(15)17)10-3-5-11(6-4-10)16-7-1-2-8-16/h3-6,12H,1-2,7-9,14H2,(H2,15,17). The third-order valence-corrected chi connectivity index (χ3v) is 3.21. The number of hydrogen-bond donors (Lipinski definition) is 2. The van der Waals surface area contributed by atoms with E-state index in [9.17, 15) is 4.79 Å². The average Bonchev–Trinajstić information content (AvgIpc) is 2.82. The molecule has 0 radical (unpaired) electrons. The van der Waals surface area contributed by atoms with Gasteiger partial charge in [0.05, 0.1) is 0 Å². The van der Waals surface area contributed by atoms with Gasteiger partial charge in [-0.25, -0.2) is 0 Å². The molecule has 4 heteroatoms. The minimum absolute atomic E-state index is 0.197. The van der Waals surface area contributed by atoms with E-state index in [4.69, 9.17) is 11.5 Å². The second kappa shape index (κ2) is 5.19. The van der Waals surface area contributed by atoms with Crippen LogP contribution in [0.4, 0.5) is 5.69 Å². The number of hydrogen-bond acceptors (Lipinski definition) is 3. The van der Waals surface area contributed by atoms with Crippen LogP contribution in [0.15, 0.2) is 24.3 Å². The van der Waals surface area contributed by atoms with Crippen LogP contribution in [0.25, 0.3) is 0 Å². The minimum atomic E-state index is -0.360. The molecule has 0 aromatic heterocycles. The molecule has 17 heavy (non-hydrogen) atoms. The molecule has 0 spiro atoms. The monoisotopic (exact) mass is 233 g/mol. The van der Waals surface area contributed by atoms with Gasteiger partial charge >= 0.3 is 0 Å². The van der Waals surface area contributed by atoms with E-state index in [0.717, 1.165) is 18.7 Å². The first kappa shape index (κ1) is 11.9. The fraction of sp³-hybridized carbons (Fsp3) is 0.462. The van der Waals surface area contributed by atoms with Crippen LogP contribution in [0.2, 0.25) is 0 Å². The van der Waals surface area contributed by atoms with Crippen molar-refractivity contribution < 1.29 is 4.79 Å². The highest BCUT2D eigenvalue weighted by Crippen LogP contribution is 2.22. The summed E-state index contributed by atoms with van der Waals surface area (Å²) >= 11 is 0. The van der Waals surface area contributed by atoms with E-state index in [-0.39, 0.29) is 18.4 Å². The number of rotatable bonds is 4. The molecular weight excluding hydrogens is 214 g/mol. The summed E-state index contributed by atoms with van der Waals surface area (Å²) in [7, 11) is 0. The topological polar surface area (TPSA) is 72.3 Å². The number of carbonyl (C=O) groups is 1. The summed E-state index contributed by atoms with van der Waals surface area (Å²) in [6.07, 6.45) is 2.73. The zero-order valence-corrected chi connectivity index (χ0v) is 9.93. The molecule has 0 saturated carbocycles. The third-order valence-electron chi connectivity index (χ3n) is 3.21. The first-order valence-electron chi connectivity index (χ1n) is 6.05. The average molecular weight is 233 g/mol. The Morgan fingerprint density at radius 1 is 1.24 bits per heavy atom. The third kappa shape index (κ3) is 2.97. The molecule has 1 fully saturated rings. The molecule has 1 aliphatic heterocycles. The van der Waals surface area contributed by atoms with Crippen molar-refractivity contribution in [3.63, 3.8) is 0 Å². The molecule has 1 atom stereocenters. The van der Waals surface area contributed by atoms with Gasteiger partial charge in [-0.05, 0) is 30.5 Å². The Morgan fingerprint density at radius 2 is 1.82 bits per heavy atom.